The predicted octanol–water partition coefficient (Wildman–Crippen LogP) is 1.02. The first kappa shape index (κ1) is 16.1. The van der Waals surface area contributed by atoms with Crippen LogP contribution in [0.4, 0.5) is 5.82 Å². The van der Waals surface area contributed by atoms with Crippen molar-refractivity contribution in [2.75, 3.05) is 24.6 Å². The van der Waals surface area contributed by atoms with Crippen LogP contribution in [-0.2, 0) is 10.0 Å². The number of halogens is 1. The Morgan fingerprint density at radius 3 is 2.87 bits per heavy atom. The molecule has 0 aromatic carbocycles. The van der Waals surface area contributed by atoms with Gasteiger partial charge in [0.15, 0.2) is 11.6 Å². The number of aromatic nitrogens is 4. The summed E-state index contributed by atoms with van der Waals surface area (Å²) in [7, 11) is -3.13. The molecule has 1 aliphatic rings. The normalized spacial score (nSPS) is 16.3. The van der Waals surface area contributed by atoms with Crippen molar-refractivity contribution in [3.8, 4) is 11.6 Å². The number of ether oxygens (including phenoxy) is 1. The number of rotatable bonds is 5. The lowest BCUT2D eigenvalue weighted by molar-refractivity contribution is 0.191. The van der Waals surface area contributed by atoms with Gasteiger partial charge in [-0.05, 0) is 22.9 Å². The number of nitrogens with zero attached hydrogens (tertiary/aromatic N) is 5. The third-order valence-corrected chi connectivity index (χ3v) is 5.69. The molecule has 0 unspecified atom stereocenters. The number of nitrogens with two attached hydrogens (primary N) is 1. The lowest BCUT2D eigenvalue weighted by Gasteiger charge is -2.37. The van der Waals surface area contributed by atoms with E-state index < -0.39 is 10.0 Å². The second-order valence-electron chi connectivity index (χ2n) is 5.01. The maximum atomic E-state index is 11.7. The van der Waals surface area contributed by atoms with E-state index in [0.717, 1.165) is 0 Å². The Morgan fingerprint density at radius 2 is 2.17 bits per heavy atom. The third kappa shape index (κ3) is 3.31. The van der Waals surface area contributed by atoms with Crippen LogP contribution in [-0.4, -0.2) is 51.3 Å². The second-order valence-corrected chi connectivity index (χ2v) is 8.08. The zero-order chi connectivity index (χ0) is 16.6. The molecular weight excluding hydrogens is 388 g/mol. The SMILES string of the molecule is CCS(=O)(=O)N1CC(n2cc(Oc3nc(Br)cnc3N)cn2)C1. The van der Waals surface area contributed by atoms with Crippen molar-refractivity contribution in [1.82, 2.24) is 24.1 Å². The van der Waals surface area contributed by atoms with Crippen molar-refractivity contribution in [3.05, 3.63) is 23.2 Å². The summed E-state index contributed by atoms with van der Waals surface area (Å²) < 4.78 is 32.6. The summed E-state index contributed by atoms with van der Waals surface area (Å²) in [6, 6.07) is -0.000356. The van der Waals surface area contributed by atoms with Crippen molar-refractivity contribution >= 4 is 31.8 Å². The lowest BCUT2D eigenvalue weighted by Crippen LogP contribution is -2.51. The Hall–Kier alpha value is -1.72. The van der Waals surface area contributed by atoms with Gasteiger partial charge >= 0.3 is 0 Å². The summed E-state index contributed by atoms with van der Waals surface area (Å²) in [6.07, 6.45) is 4.68. The summed E-state index contributed by atoms with van der Waals surface area (Å²) in [5.74, 6) is 0.919. The van der Waals surface area contributed by atoms with Crippen molar-refractivity contribution in [2.24, 2.45) is 0 Å². The number of anilines is 1. The zero-order valence-electron chi connectivity index (χ0n) is 12.3. The van der Waals surface area contributed by atoms with Crippen LogP contribution in [0, 0.1) is 0 Å². The molecule has 0 radical (unpaired) electrons. The van der Waals surface area contributed by atoms with E-state index in [0.29, 0.717) is 23.4 Å². The highest BCUT2D eigenvalue weighted by Gasteiger charge is 2.36. The van der Waals surface area contributed by atoms with E-state index in [2.05, 4.69) is 31.0 Å². The van der Waals surface area contributed by atoms with Crippen LogP contribution in [0.25, 0.3) is 0 Å². The molecule has 1 fully saturated rings. The van der Waals surface area contributed by atoms with Gasteiger partial charge in [0.25, 0.3) is 5.88 Å². The fraction of sp³-hybridized carbons (Fsp3) is 0.417. The molecule has 3 rings (SSSR count). The molecule has 9 nitrogen and oxygen atoms in total. The smallest absolute Gasteiger partial charge is 0.263 e. The quantitative estimate of drug-likeness (QED) is 0.792. The van der Waals surface area contributed by atoms with Gasteiger partial charge in [-0.3, -0.25) is 4.68 Å². The van der Waals surface area contributed by atoms with Crippen molar-refractivity contribution < 1.29 is 13.2 Å². The van der Waals surface area contributed by atoms with Crippen LogP contribution < -0.4 is 10.5 Å². The van der Waals surface area contributed by atoms with E-state index in [1.54, 1.807) is 17.8 Å². The van der Waals surface area contributed by atoms with Gasteiger partial charge in [-0.2, -0.15) is 9.40 Å². The summed E-state index contributed by atoms with van der Waals surface area (Å²) in [5.41, 5.74) is 5.70. The molecule has 3 heterocycles. The van der Waals surface area contributed by atoms with Crippen molar-refractivity contribution in [3.63, 3.8) is 0 Å². The largest absolute Gasteiger partial charge is 0.433 e. The Kier molecular flexibility index (Phi) is 4.25. The van der Waals surface area contributed by atoms with E-state index in [9.17, 15) is 8.42 Å². The average molecular weight is 403 g/mol. The van der Waals surface area contributed by atoms with Gasteiger partial charge < -0.3 is 10.5 Å². The molecule has 11 heteroatoms. The van der Waals surface area contributed by atoms with Crippen molar-refractivity contribution in [2.45, 2.75) is 13.0 Å². The molecule has 0 aliphatic carbocycles. The lowest BCUT2D eigenvalue weighted by atomic mass is 10.2. The molecule has 0 spiro atoms. The van der Waals surface area contributed by atoms with E-state index in [4.69, 9.17) is 10.5 Å². The highest BCUT2D eigenvalue weighted by atomic mass is 79.9. The molecule has 0 saturated carbocycles. The fourth-order valence-corrected chi connectivity index (χ4v) is 3.54. The highest BCUT2D eigenvalue weighted by molar-refractivity contribution is 9.10. The maximum absolute atomic E-state index is 11.7. The molecule has 2 aromatic heterocycles. The van der Waals surface area contributed by atoms with E-state index >= 15 is 0 Å². The minimum Gasteiger partial charge on any atom is -0.433 e. The monoisotopic (exact) mass is 402 g/mol. The highest BCUT2D eigenvalue weighted by Crippen LogP contribution is 2.28. The standard InChI is InChI=1S/C12H15BrN6O3S/c1-2-23(20,21)18-5-8(6-18)19-7-9(3-16-19)22-12-11(14)15-4-10(13)17-12/h3-4,7-8H,2,5-6H2,1H3,(H2,14,15). The van der Waals surface area contributed by atoms with Crippen LogP contribution in [0.5, 0.6) is 11.6 Å². The molecule has 0 bridgehead atoms. The second kappa shape index (κ2) is 6.06. The van der Waals surface area contributed by atoms with Gasteiger partial charge in [0.2, 0.25) is 10.0 Å². The topological polar surface area (TPSA) is 116 Å². The first-order chi connectivity index (χ1) is 10.9. The van der Waals surface area contributed by atoms with Gasteiger partial charge in [-0.1, -0.05) is 0 Å². The molecule has 124 valence electrons. The third-order valence-electron chi connectivity index (χ3n) is 3.49. The number of nitrogen functional groups attached to an aromatic ring is 1. The van der Waals surface area contributed by atoms with Gasteiger partial charge in [0, 0.05) is 13.1 Å². The van der Waals surface area contributed by atoms with E-state index in [-0.39, 0.29) is 23.5 Å². The Balaban J connectivity index is 1.67. The van der Waals surface area contributed by atoms with Crippen LogP contribution in [0.15, 0.2) is 23.2 Å². The Bertz CT molecular complexity index is 818. The molecular formula is C12H15BrN6O3S. The summed E-state index contributed by atoms with van der Waals surface area (Å²) in [5, 5.41) is 4.20. The Labute approximate surface area is 141 Å². The summed E-state index contributed by atoms with van der Waals surface area (Å²) >= 11 is 3.20. The molecule has 0 amide bonds. The summed E-state index contributed by atoms with van der Waals surface area (Å²) in [4.78, 5) is 8.03. The molecule has 1 saturated heterocycles. The van der Waals surface area contributed by atoms with Gasteiger partial charge in [-0.25, -0.2) is 18.4 Å². The molecule has 23 heavy (non-hydrogen) atoms. The number of hydrogen-bond acceptors (Lipinski definition) is 7. The first-order valence-corrected chi connectivity index (χ1v) is 9.27. The molecule has 1 aliphatic heterocycles. The minimum atomic E-state index is -3.13. The Morgan fingerprint density at radius 1 is 1.43 bits per heavy atom. The van der Waals surface area contributed by atoms with Crippen LogP contribution in [0.2, 0.25) is 0 Å². The van der Waals surface area contributed by atoms with Crippen LogP contribution in [0.1, 0.15) is 13.0 Å². The van der Waals surface area contributed by atoms with E-state index in [1.807, 2.05) is 0 Å². The molecule has 2 N–H and O–H groups in total. The maximum Gasteiger partial charge on any atom is 0.263 e. The van der Waals surface area contributed by atoms with Gasteiger partial charge in [0.05, 0.1) is 30.4 Å². The fourth-order valence-electron chi connectivity index (χ4n) is 2.11. The van der Waals surface area contributed by atoms with Crippen LogP contribution in [0.3, 0.4) is 0 Å². The molecule has 2 aromatic rings. The zero-order valence-corrected chi connectivity index (χ0v) is 14.7. The predicted molar refractivity (Wildman–Crippen MR) is 86.5 cm³/mol. The summed E-state index contributed by atoms with van der Waals surface area (Å²) in [6.45, 7) is 2.46. The van der Waals surface area contributed by atoms with Gasteiger partial charge in [0.1, 0.15) is 4.60 Å². The number of sulfonamides is 1. The average Bonchev–Trinajstić information content (AvgIpc) is 2.89. The molecule has 0 atom stereocenters. The number of hydrogen-bond donors (Lipinski definition) is 1. The minimum absolute atomic E-state index is 0.000356. The van der Waals surface area contributed by atoms with Crippen molar-refractivity contribution in [1.29, 1.82) is 0 Å². The van der Waals surface area contributed by atoms with E-state index in [1.165, 1.54) is 16.7 Å². The van der Waals surface area contributed by atoms with Gasteiger partial charge in [-0.15, -0.1) is 0 Å². The van der Waals surface area contributed by atoms with Crippen LogP contribution >= 0.6 is 15.9 Å². The first-order valence-electron chi connectivity index (χ1n) is 6.87.